The zero-order valence-electron chi connectivity index (χ0n) is 18.4. The van der Waals surface area contributed by atoms with Crippen LogP contribution in [0.25, 0.3) is 11.3 Å². The van der Waals surface area contributed by atoms with E-state index in [4.69, 9.17) is 9.47 Å². The Hall–Kier alpha value is -2.77. The van der Waals surface area contributed by atoms with E-state index in [2.05, 4.69) is 22.8 Å². The van der Waals surface area contributed by atoms with E-state index in [1.165, 1.54) is 0 Å². The molecule has 0 unspecified atom stereocenters. The molecule has 2 aromatic carbocycles. The second-order valence-electron chi connectivity index (χ2n) is 7.77. The number of amides is 1. The summed E-state index contributed by atoms with van der Waals surface area (Å²) in [7, 11) is 0. The van der Waals surface area contributed by atoms with Gasteiger partial charge in [-0.25, -0.2) is 0 Å². The number of anilines is 1. The first-order valence-corrected chi connectivity index (χ1v) is 12.3. The summed E-state index contributed by atoms with van der Waals surface area (Å²) >= 11 is 1.72. The Morgan fingerprint density at radius 1 is 1.25 bits per heavy atom. The molecule has 0 bridgehead atoms. The van der Waals surface area contributed by atoms with Crippen molar-refractivity contribution in [3.05, 3.63) is 64.7 Å². The van der Waals surface area contributed by atoms with Gasteiger partial charge in [0.25, 0.3) is 5.91 Å². The lowest BCUT2D eigenvalue weighted by Crippen LogP contribution is -2.39. The molecular formula is C25H28N2O4S. The summed E-state index contributed by atoms with van der Waals surface area (Å²) in [6.07, 6.45) is 3.57. The molecule has 2 heterocycles. The van der Waals surface area contributed by atoms with E-state index < -0.39 is 0 Å². The maximum absolute atomic E-state index is 12.6. The van der Waals surface area contributed by atoms with Gasteiger partial charge in [0, 0.05) is 22.4 Å². The van der Waals surface area contributed by atoms with Crippen molar-refractivity contribution in [1.82, 2.24) is 5.32 Å². The zero-order chi connectivity index (χ0) is 22.5. The van der Waals surface area contributed by atoms with Crippen LogP contribution >= 0.6 is 11.8 Å². The van der Waals surface area contributed by atoms with E-state index in [0.717, 1.165) is 46.5 Å². The maximum Gasteiger partial charge on any atom is 0.323 e. The lowest BCUT2D eigenvalue weighted by atomic mass is 9.98. The molecule has 0 aromatic heterocycles. The number of carbonyl (C=O) groups is 2. The number of nitrogens with one attached hydrogen (secondary N) is 2. The van der Waals surface area contributed by atoms with Crippen LogP contribution in [-0.4, -0.2) is 43.1 Å². The van der Waals surface area contributed by atoms with E-state index in [1.807, 2.05) is 43.5 Å². The van der Waals surface area contributed by atoms with Crippen LogP contribution in [0.15, 0.2) is 42.5 Å². The van der Waals surface area contributed by atoms with Gasteiger partial charge < -0.3 is 20.1 Å². The third kappa shape index (κ3) is 4.69. The van der Waals surface area contributed by atoms with Gasteiger partial charge in [0.05, 0.1) is 12.2 Å². The molecule has 2 aromatic rings. The molecule has 0 saturated carbocycles. The van der Waals surface area contributed by atoms with E-state index >= 15 is 0 Å². The Kier molecular flexibility index (Phi) is 7.17. The van der Waals surface area contributed by atoms with Crippen molar-refractivity contribution in [3.8, 4) is 0 Å². The van der Waals surface area contributed by atoms with Gasteiger partial charge >= 0.3 is 5.97 Å². The number of thioether (sulfide) groups is 1. The summed E-state index contributed by atoms with van der Waals surface area (Å²) in [4.78, 5) is 24.8. The van der Waals surface area contributed by atoms with Crippen LogP contribution < -0.4 is 10.6 Å². The Balaban J connectivity index is 1.45. The van der Waals surface area contributed by atoms with E-state index in [-0.39, 0.29) is 17.9 Å². The Labute approximate surface area is 192 Å². The minimum Gasteiger partial charge on any atom is -0.487 e. The van der Waals surface area contributed by atoms with E-state index in [9.17, 15) is 9.59 Å². The quantitative estimate of drug-likeness (QED) is 0.445. The molecule has 7 heteroatoms. The van der Waals surface area contributed by atoms with Gasteiger partial charge in [0.15, 0.2) is 0 Å². The van der Waals surface area contributed by atoms with Crippen molar-refractivity contribution in [3.63, 3.8) is 0 Å². The Bertz CT molecular complexity index is 1050. The van der Waals surface area contributed by atoms with Crippen LogP contribution in [0.1, 0.15) is 35.6 Å². The number of carbonyl (C=O) groups excluding carboxylic acids is 2. The third-order valence-electron chi connectivity index (χ3n) is 5.67. The number of hydrogen-bond acceptors (Lipinski definition) is 6. The average molecular weight is 453 g/mol. The second kappa shape index (κ2) is 10.2. The predicted octanol–water partition coefficient (Wildman–Crippen LogP) is 3.85. The lowest BCUT2D eigenvalue weighted by molar-refractivity contribution is -0.145. The SMILES string of the molecule is CCOC(=O)[C@H](CCSC)NCCc1ccc2c(c1)CO/C2=C1/C(=O)Nc2ccccc21. The molecular weight excluding hydrogens is 424 g/mol. The molecule has 2 aliphatic heterocycles. The molecule has 1 atom stereocenters. The van der Waals surface area contributed by atoms with Gasteiger partial charge in [-0.15, -0.1) is 0 Å². The number of esters is 1. The first-order chi connectivity index (χ1) is 15.6. The number of ether oxygens (including phenoxy) is 2. The van der Waals surface area contributed by atoms with Gasteiger partial charge in [-0.1, -0.05) is 36.4 Å². The fourth-order valence-corrected chi connectivity index (χ4v) is 4.56. The van der Waals surface area contributed by atoms with Gasteiger partial charge in [0.1, 0.15) is 18.4 Å². The molecule has 2 aliphatic rings. The topological polar surface area (TPSA) is 76.7 Å². The number of para-hydroxylation sites is 1. The van der Waals surface area contributed by atoms with Crippen LogP contribution in [0.5, 0.6) is 0 Å². The highest BCUT2D eigenvalue weighted by Crippen LogP contribution is 2.41. The fraction of sp³-hybridized carbons (Fsp3) is 0.360. The van der Waals surface area contributed by atoms with Crippen LogP contribution in [0.4, 0.5) is 5.69 Å². The molecule has 0 aliphatic carbocycles. The minimum atomic E-state index is -0.280. The first-order valence-electron chi connectivity index (χ1n) is 10.9. The van der Waals surface area contributed by atoms with E-state index in [0.29, 0.717) is 31.1 Å². The van der Waals surface area contributed by atoms with Crippen molar-refractivity contribution in [1.29, 1.82) is 0 Å². The molecule has 0 radical (unpaired) electrons. The summed E-state index contributed by atoms with van der Waals surface area (Å²) in [6.45, 7) is 3.35. The third-order valence-corrected chi connectivity index (χ3v) is 6.32. The molecule has 0 saturated heterocycles. The molecule has 1 amide bonds. The number of fused-ring (bicyclic) bond motifs is 2. The summed E-state index contributed by atoms with van der Waals surface area (Å²) in [5, 5.41) is 6.26. The van der Waals surface area contributed by atoms with Crippen molar-refractivity contribution < 1.29 is 19.1 Å². The van der Waals surface area contributed by atoms with Crippen molar-refractivity contribution >= 4 is 40.7 Å². The zero-order valence-corrected chi connectivity index (χ0v) is 19.2. The van der Waals surface area contributed by atoms with E-state index in [1.54, 1.807) is 11.8 Å². The monoisotopic (exact) mass is 452 g/mol. The number of hydrogen-bond donors (Lipinski definition) is 2. The van der Waals surface area contributed by atoms with Gasteiger partial charge in [-0.3, -0.25) is 9.59 Å². The summed E-state index contributed by atoms with van der Waals surface area (Å²) in [6, 6.07) is 13.6. The molecule has 0 fully saturated rings. The van der Waals surface area contributed by atoms with Gasteiger partial charge in [0.2, 0.25) is 0 Å². The Morgan fingerprint density at radius 2 is 2.09 bits per heavy atom. The molecule has 2 N–H and O–H groups in total. The first kappa shape index (κ1) is 22.4. The normalized spacial score (nSPS) is 17.4. The molecule has 32 heavy (non-hydrogen) atoms. The standard InChI is InChI=1S/C25H28N2O4S/c1-3-30-25(29)21(11-13-32-2)26-12-10-16-8-9-18-17(14-16)15-31-23(18)22-19-6-4-5-7-20(19)27-24(22)28/h4-9,14,21,26H,3,10-13,15H2,1-2H3,(H,27,28)/b23-22+/t21-/m0/s1. The molecule has 168 valence electrons. The molecule has 0 spiro atoms. The van der Waals surface area contributed by atoms with Crippen molar-refractivity contribution in [2.45, 2.75) is 32.4 Å². The highest BCUT2D eigenvalue weighted by atomic mass is 32.2. The van der Waals surface area contributed by atoms with Crippen LogP contribution in [0.2, 0.25) is 0 Å². The highest BCUT2D eigenvalue weighted by Gasteiger charge is 2.32. The van der Waals surface area contributed by atoms with Crippen LogP contribution in [0, 0.1) is 0 Å². The fourth-order valence-electron chi connectivity index (χ4n) is 4.09. The lowest BCUT2D eigenvalue weighted by Gasteiger charge is -2.17. The smallest absolute Gasteiger partial charge is 0.323 e. The van der Waals surface area contributed by atoms with Crippen molar-refractivity contribution in [2.24, 2.45) is 0 Å². The summed E-state index contributed by atoms with van der Waals surface area (Å²) < 4.78 is 11.2. The number of benzene rings is 2. The average Bonchev–Trinajstić information content (AvgIpc) is 3.35. The summed E-state index contributed by atoms with van der Waals surface area (Å²) in [5.41, 5.74) is 5.50. The van der Waals surface area contributed by atoms with Crippen LogP contribution in [-0.2, 0) is 32.1 Å². The second-order valence-corrected chi connectivity index (χ2v) is 8.76. The van der Waals surface area contributed by atoms with Crippen LogP contribution in [0.3, 0.4) is 0 Å². The Morgan fingerprint density at radius 3 is 2.91 bits per heavy atom. The largest absolute Gasteiger partial charge is 0.487 e. The minimum absolute atomic E-state index is 0.127. The van der Waals surface area contributed by atoms with Crippen molar-refractivity contribution in [2.75, 3.05) is 30.5 Å². The number of rotatable bonds is 9. The van der Waals surface area contributed by atoms with Gasteiger partial charge in [-0.05, 0) is 49.9 Å². The highest BCUT2D eigenvalue weighted by molar-refractivity contribution is 7.98. The molecule has 6 nitrogen and oxygen atoms in total. The summed E-state index contributed by atoms with van der Waals surface area (Å²) in [5.74, 6) is 1.24. The maximum atomic E-state index is 12.6. The predicted molar refractivity (Wildman–Crippen MR) is 128 cm³/mol. The van der Waals surface area contributed by atoms with Gasteiger partial charge in [-0.2, -0.15) is 11.8 Å². The molecule has 4 rings (SSSR count).